The number of carbonyl (C=O) groups is 2. The Morgan fingerprint density at radius 2 is 1.69 bits per heavy atom. The van der Waals surface area contributed by atoms with E-state index in [0.29, 0.717) is 37.3 Å². The van der Waals surface area contributed by atoms with Gasteiger partial charge in [-0.2, -0.15) is 0 Å². The molecule has 0 saturated heterocycles. The lowest BCUT2D eigenvalue weighted by molar-refractivity contribution is -0.124. The molecular formula is C25H30N2O4S. The highest BCUT2D eigenvalue weighted by Gasteiger charge is 2.37. The van der Waals surface area contributed by atoms with Gasteiger partial charge in [0.15, 0.2) is 0 Å². The van der Waals surface area contributed by atoms with Crippen LogP contribution in [0.3, 0.4) is 0 Å². The number of carboxylic acid groups (broad SMARTS) is 1. The highest BCUT2D eigenvalue weighted by Crippen LogP contribution is 2.41. The van der Waals surface area contributed by atoms with Crippen molar-refractivity contribution in [1.29, 1.82) is 0 Å². The van der Waals surface area contributed by atoms with E-state index in [0.717, 1.165) is 41.8 Å². The van der Waals surface area contributed by atoms with Gasteiger partial charge < -0.3 is 15.2 Å². The monoisotopic (exact) mass is 454 g/mol. The lowest BCUT2D eigenvalue weighted by Gasteiger charge is -2.38. The van der Waals surface area contributed by atoms with E-state index in [4.69, 9.17) is 5.21 Å². The minimum absolute atomic E-state index is 0.0474. The summed E-state index contributed by atoms with van der Waals surface area (Å²) in [6.07, 6.45) is 6.33. The van der Waals surface area contributed by atoms with Crippen molar-refractivity contribution in [3.8, 4) is 10.4 Å². The second-order valence-electron chi connectivity index (χ2n) is 9.06. The van der Waals surface area contributed by atoms with E-state index in [-0.39, 0.29) is 22.7 Å². The zero-order valence-electron chi connectivity index (χ0n) is 18.4. The predicted molar refractivity (Wildman–Crippen MR) is 127 cm³/mol. The fraction of sp³-hybridized carbons (Fsp3) is 0.480. The van der Waals surface area contributed by atoms with E-state index < -0.39 is 5.97 Å². The Morgan fingerprint density at radius 3 is 2.28 bits per heavy atom. The van der Waals surface area contributed by atoms with Gasteiger partial charge in [-0.3, -0.25) is 4.79 Å². The Bertz CT molecular complexity index is 983. The van der Waals surface area contributed by atoms with Crippen LogP contribution < -0.4 is 4.90 Å². The van der Waals surface area contributed by atoms with Gasteiger partial charge in [0, 0.05) is 16.8 Å². The second kappa shape index (κ2) is 9.86. The zero-order chi connectivity index (χ0) is 22.7. The predicted octanol–water partition coefficient (Wildman–Crippen LogP) is 6.05. The highest BCUT2D eigenvalue weighted by molar-refractivity contribution is 7.18. The summed E-state index contributed by atoms with van der Waals surface area (Å²) in [5.74, 6) is -0.395. The quantitative estimate of drug-likeness (QED) is 0.425. The molecule has 2 saturated carbocycles. The van der Waals surface area contributed by atoms with E-state index in [2.05, 4.69) is 12.1 Å². The summed E-state index contributed by atoms with van der Waals surface area (Å²) in [5.41, 5.74) is 2.21. The summed E-state index contributed by atoms with van der Waals surface area (Å²) in [4.78, 5) is 28.9. The van der Waals surface area contributed by atoms with E-state index in [1.165, 1.54) is 11.3 Å². The summed E-state index contributed by atoms with van der Waals surface area (Å²) in [5, 5.41) is 22.5. The average molecular weight is 455 g/mol. The van der Waals surface area contributed by atoms with Crippen molar-refractivity contribution >= 4 is 34.6 Å². The van der Waals surface area contributed by atoms with Gasteiger partial charge in [-0.25, -0.2) is 4.79 Å². The molecule has 170 valence electrons. The number of hydrogen-bond acceptors (Lipinski definition) is 5. The van der Waals surface area contributed by atoms with Crippen LogP contribution in [0.5, 0.6) is 0 Å². The number of nitrogens with zero attached hydrogens (tertiary/aromatic N) is 2. The standard InChI is InChI=1S/C25H30N2O4S/c1-16-7-9-18(10-8-16)24(28)27(20-13-11-19(26-31)12-14-20)21-15-22(32-23(21)25(29)30)17-5-3-2-4-6-17/h2-6,15-16,18,20,31H,7-14H2,1H3,(H,29,30). The van der Waals surface area contributed by atoms with Gasteiger partial charge in [-0.05, 0) is 68.9 Å². The number of amides is 1. The van der Waals surface area contributed by atoms with Crippen LogP contribution in [0.2, 0.25) is 0 Å². The number of thiophene rings is 1. The van der Waals surface area contributed by atoms with Crippen molar-refractivity contribution < 1.29 is 19.9 Å². The van der Waals surface area contributed by atoms with E-state index in [1.807, 2.05) is 36.4 Å². The summed E-state index contributed by atoms with van der Waals surface area (Å²) < 4.78 is 0. The van der Waals surface area contributed by atoms with E-state index in [1.54, 1.807) is 4.90 Å². The maximum absolute atomic E-state index is 13.8. The molecule has 0 atom stereocenters. The lowest BCUT2D eigenvalue weighted by Crippen LogP contribution is -2.46. The smallest absolute Gasteiger partial charge is 0.348 e. The molecule has 2 aliphatic carbocycles. The van der Waals surface area contributed by atoms with E-state index >= 15 is 0 Å². The van der Waals surface area contributed by atoms with Crippen LogP contribution in [-0.4, -0.2) is 33.9 Å². The number of carboxylic acids is 1. The first-order valence-electron chi connectivity index (χ1n) is 11.4. The minimum atomic E-state index is -1.00. The van der Waals surface area contributed by atoms with Crippen molar-refractivity contribution in [3.05, 3.63) is 41.3 Å². The number of rotatable bonds is 5. The van der Waals surface area contributed by atoms with Crippen LogP contribution in [0.25, 0.3) is 10.4 Å². The van der Waals surface area contributed by atoms with Gasteiger partial charge in [0.25, 0.3) is 0 Å². The van der Waals surface area contributed by atoms with Gasteiger partial charge >= 0.3 is 5.97 Å². The van der Waals surface area contributed by atoms with Gasteiger partial charge in [0.1, 0.15) is 4.88 Å². The molecule has 7 heteroatoms. The number of carbonyl (C=O) groups excluding carboxylic acids is 1. The fourth-order valence-electron chi connectivity index (χ4n) is 4.95. The SMILES string of the molecule is CC1CCC(C(=O)N(c2cc(-c3ccccc3)sc2C(=O)O)C2CCC(=NO)CC2)CC1. The van der Waals surface area contributed by atoms with Crippen molar-refractivity contribution in [1.82, 2.24) is 0 Å². The fourth-order valence-corrected chi connectivity index (χ4v) is 5.94. The maximum atomic E-state index is 13.8. The molecule has 2 N–H and O–H groups in total. The lowest BCUT2D eigenvalue weighted by atomic mass is 9.81. The van der Waals surface area contributed by atoms with Gasteiger partial charge in [0.2, 0.25) is 5.91 Å². The summed E-state index contributed by atoms with van der Waals surface area (Å²) >= 11 is 1.23. The normalized spacial score (nSPS) is 23.5. The minimum Gasteiger partial charge on any atom is -0.477 e. The van der Waals surface area contributed by atoms with Crippen LogP contribution in [0.1, 0.15) is 68.0 Å². The molecule has 0 spiro atoms. The molecule has 1 heterocycles. The first kappa shape index (κ1) is 22.5. The Hall–Kier alpha value is -2.67. The van der Waals surface area contributed by atoms with Crippen LogP contribution >= 0.6 is 11.3 Å². The largest absolute Gasteiger partial charge is 0.477 e. The molecular weight excluding hydrogens is 424 g/mol. The van der Waals surface area contributed by atoms with Crippen LogP contribution in [0, 0.1) is 11.8 Å². The van der Waals surface area contributed by atoms with Gasteiger partial charge in [-0.1, -0.05) is 42.4 Å². The molecule has 2 aliphatic rings. The van der Waals surface area contributed by atoms with Crippen molar-refractivity contribution in [3.63, 3.8) is 0 Å². The van der Waals surface area contributed by atoms with Crippen molar-refractivity contribution in [2.75, 3.05) is 4.90 Å². The first-order valence-corrected chi connectivity index (χ1v) is 12.2. The van der Waals surface area contributed by atoms with Crippen LogP contribution in [-0.2, 0) is 4.79 Å². The maximum Gasteiger partial charge on any atom is 0.348 e. The Morgan fingerprint density at radius 1 is 1.03 bits per heavy atom. The highest BCUT2D eigenvalue weighted by atomic mass is 32.1. The Kier molecular flexibility index (Phi) is 6.94. The molecule has 6 nitrogen and oxygen atoms in total. The molecule has 0 radical (unpaired) electrons. The average Bonchev–Trinajstić information content (AvgIpc) is 3.26. The van der Waals surface area contributed by atoms with Crippen molar-refractivity contribution in [2.24, 2.45) is 17.0 Å². The molecule has 2 aromatic rings. The summed E-state index contributed by atoms with van der Waals surface area (Å²) in [7, 11) is 0. The molecule has 1 amide bonds. The summed E-state index contributed by atoms with van der Waals surface area (Å²) in [6, 6.07) is 11.5. The Labute approximate surface area is 192 Å². The molecule has 0 unspecified atom stereocenters. The molecule has 0 bridgehead atoms. The van der Waals surface area contributed by atoms with Crippen LogP contribution in [0.4, 0.5) is 5.69 Å². The molecule has 0 aliphatic heterocycles. The molecule has 1 aromatic heterocycles. The zero-order valence-corrected chi connectivity index (χ0v) is 19.2. The second-order valence-corrected chi connectivity index (χ2v) is 10.1. The third kappa shape index (κ3) is 4.72. The Balaban J connectivity index is 1.73. The number of anilines is 1. The first-order chi connectivity index (χ1) is 15.5. The number of oxime groups is 1. The molecule has 32 heavy (non-hydrogen) atoms. The number of benzene rings is 1. The van der Waals surface area contributed by atoms with Gasteiger partial charge in [0.05, 0.1) is 11.4 Å². The van der Waals surface area contributed by atoms with Crippen LogP contribution in [0.15, 0.2) is 41.6 Å². The number of hydrogen-bond donors (Lipinski definition) is 2. The third-order valence-corrected chi connectivity index (χ3v) is 8.03. The topological polar surface area (TPSA) is 90.2 Å². The molecule has 4 rings (SSSR count). The van der Waals surface area contributed by atoms with Crippen molar-refractivity contribution in [2.45, 2.75) is 64.3 Å². The summed E-state index contributed by atoms with van der Waals surface area (Å²) in [6.45, 7) is 2.23. The molecule has 1 aromatic carbocycles. The van der Waals surface area contributed by atoms with Gasteiger partial charge in [-0.15, -0.1) is 11.3 Å². The molecule has 2 fully saturated rings. The number of aromatic carboxylic acids is 1. The van der Waals surface area contributed by atoms with E-state index in [9.17, 15) is 14.7 Å². The third-order valence-electron chi connectivity index (χ3n) is 6.87.